The Labute approximate surface area is 153 Å². The molecule has 140 valence electrons. The summed E-state index contributed by atoms with van der Waals surface area (Å²) in [4.78, 5) is 24.8. The second-order valence-corrected chi connectivity index (χ2v) is 7.93. The van der Waals surface area contributed by atoms with Crippen LogP contribution >= 0.6 is 0 Å². The number of carboxylic acids is 1. The first-order chi connectivity index (χ1) is 12.2. The Hall–Kier alpha value is -2.45. The molecule has 0 aromatic heterocycles. The van der Waals surface area contributed by atoms with E-state index in [0.29, 0.717) is 0 Å². The average Bonchev–Trinajstić information content (AvgIpc) is 2.57. The summed E-state index contributed by atoms with van der Waals surface area (Å²) >= 11 is 0. The predicted molar refractivity (Wildman–Crippen MR) is 96.8 cm³/mol. The van der Waals surface area contributed by atoms with Crippen LogP contribution in [0.2, 0.25) is 0 Å². The summed E-state index contributed by atoms with van der Waals surface area (Å²) in [6.45, 7) is 8.90. The molecule has 7 nitrogen and oxygen atoms in total. The molecule has 26 heavy (non-hydrogen) atoms. The molecule has 1 fully saturated rings. The normalized spacial score (nSPS) is 18.3. The zero-order chi connectivity index (χ0) is 19.5. The van der Waals surface area contributed by atoms with Crippen LogP contribution in [0.1, 0.15) is 18.4 Å². The van der Waals surface area contributed by atoms with E-state index in [-0.39, 0.29) is 24.3 Å². The second kappa shape index (κ2) is 7.84. The van der Waals surface area contributed by atoms with Gasteiger partial charge in [0.05, 0.1) is 11.3 Å². The van der Waals surface area contributed by atoms with Crippen LogP contribution in [0, 0.1) is 6.92 Å². The van der Waals surface area contributed by atoms with Crippen LogP contribution in [0.5, 0.6) is 0 Å². The Morgan fingerprint density at radius 3 is 2.42 bits per heavy atom. The molecular weight excluding hydrogens is 356 g/mol. The molecule has 1 saturated heterocycles. The first-order valence-corrected chi connectivity index (χ1v) is 9.52. The van der Waals surface area contributed by atoms with Crippen molar-refractivity contribution in [2.24, 2.45) is 0 Å². The Bertz CT molecular complexity index is 816. The average molecular weight is 378 g/mol. The van der Waals surface area contributed by atoms with Crippen molar-refractivity contribution in [2.75, 3.05) is 6.54 Å². The number of sulfonamides is 1. The van der Waals surface area contributed by atoms with Crippen molar-refractivity contribution in [1.29, 1.82) is 0 Å². The van der Waals surface area contributed by atoms with Gasteiger partial charge in [-0.3, -0.25) is 4.79 Å². The molecule has 1 aromatic carbocycles. The number of carboxylic acid groups (broad SMARTS) is 1. The summed E-state index contributed by atoms with van der Waals surface area (Å²) in [6.07, 6.45) is 1.90. The van der Waals surface area contributed by atoms with Crippen LogP contribution in [0.25, 0.3) is 0 Å². The molecule has 1 aromatic rings. The van der Waals surface area contributed by atoms with Crippen LogP contribution in [-0.4, -0.2) is 53.4 Å². The Morgan fingerprint density at radius 2 is 1.96 bits per heavy atom. The number of β-lactam (4-membered cyclic amide) rings is 1. The molecule has 0 radical (unpaired) electrons. The fourth-order valence-corrected chi connectivity index (χ4v) is 4.43. The van der Waals surface area contributed by atoms with Crippen LogP contribution in [0.4, 0.5) is 0 Å². The summed E-state index contributed by atoms with van der Waals surface area (Å²) in [6, 6.07) is 5.19. The predicted octanol–water partition coefficient (Wildman–Crippen LogP) is 1.76. The highest BCUT2D eigenvalue weighted by Gasteiger charge is 2.49. The minimum Gasteiger partial charge on any atom is -0.480 e. The van der Waals surface area contributed by atoms with Gasteiger partial charge in [0.1, 0.15) is 12.2 Å². The Balaban J connectivity index is 2.41. The third kappa shape index (κ3) is 3.71. The number of carbonyl (C=O) groups excluding carboxylic acids is 1. The highest BCUT2D eigenvalue weighted by Crippen LogP contribution is 2.31. The van der Waals surface area contributed by atoms with Crippen molar-refractivity contribution in [3.8, 4) is 0 Å². The smallest absolute Gasteiger partial charge is 0.326 e. The SMILES string of the molecule is C=CCC(C(=O)O)N1C(=O)CC1N(CC=C)S(=O)(=O)c1ccc(C)cc1. The van der Waals surface area contributed by atoms with Gasteiger partial charge in [-0.05, 0) is 25.5 Å². The first-order valence-electron chi connectivity index (χ1n) is 8.08. The van der Waals surface area contributed by atoms with E-state index in [1.807, 2.05) is 6.92 Å². The lowest BCUT2D eigenvalue weighted by molar-refractivity contribution is -0.167. The number of hydrogen-bond acceptors (Lipinski definition) is 4. The van der Waals surface area contributed by atoms with Crippen LogP contribution in [0.3, 0.4) is 0 Å². The standard InChI is InChI=1S/C18H22N2O5S/c1-4-6-15(18(22)23)20-16(12-17(20)21)19(11-5-2)26(24,25)14-9-7-13(3)8-10-14/h4-5,7-10,15-16H,1-2,6,11-12H2,3H3,(H,22,23). The van der Waals surface area contributed by atoms with Gasteiger partial charge in [-0.1, -0.05) is 29.8 Å². The molecule has 8 heteroatoms. The summed E-state index contributed by atoms with van der Waals surface area (Å²) in [5.74, 6) is -1.60. The molecule has 1 amide bonds. The van der Waals surface area contributed by atoms with Gasteiger partial charge >= 0.3 is 5.97 Å². The number of likely N-dealkylation sites (tertiary alicyclic amines) is 1. The van der Waals surface area contributed by atoms with Gasteiger partial charge < -0.3 is 10.0 Å². The maximum Gasteiger partial charge on any atom is 0.326 e. The fraction of sp³-hybridized carbons (Fsp3) is 0.333. The van der Waals surface area contributed by atoms with Gasteiger partial charge in [0.15, 0.2) is 0 Å². The van der Waals surface area contributed by atoms with Gasteiger partial charge in [0, 0.05) is 6.54 Å². The fourth-order valence-electron chi connectivity index (χ4n) is 2.88. The largest absolute Gasteiger partial charge is 0.480 e. The molecule has 0 saturated carbocycles. The van der Waals surface area contributed by atoms with Crippen LogP contribution in [0.15, 0.2) is 54.5 Å². The third-order valence-electron chi connectivity index (χ3n) is 4.25. The number of carbonyl (C=O) groups is 2. The highest BCUT2D eigenvalue weighted by molar-refractivity contribution is 7.89. The number of rotatable bonds is 9. The number of hydrogen-bond donors (Lipinski definition) is 1. The summed E-state index contributed by atoms with van der Waals surface area (Å²) < 4.78 is 27.2. The van der Waals surface area contributed by atoms with Crippen molar-refractivity contribution >= 4 is 21.9 Å². The summed E-state index contributed by atoms with van der Waals surface area (Å²) in [5.41, 5.74) is 0.914. The molecule has 0 bridgehead atoms. The molecule has 2 atom stereocenters. The minimum absolute atomic E-state index is 0.0318. The molecule has 0 spiro atoms. The van der Waals surface area contributed by atoms with E-state index in [0.717, 1.165) is 14.8 Å². The number of benzene rings is 1. The summed E-state index contributed by atoms with van der Waals surface area (Å²) in [7, 11) is -3.92. The van der Waals surface area contributed by atoms with Gasteiger partial charge in [0.2, 0.25) is 15.9 Å². The minimum atomic E-state index is -3.92. The van der Waals surface area contributed by atoms with Crippen LogP contribution < -0.4 is 0 Å². The zero-order valence-corrected chi connectivity index (χ0v) is 15.4. The molecule has 1 aliphatic rings. The topological polar surface area (TPSA) is 95.0 Å². The maximum absolute atomic E-state index is 13.0. The quantitative estimate of drug-likeness (QED) is 0.522. The van der Waals surface area contributed by atoms with Crippen LogP contribution in [-0.2, 0) is 19.6 Å². The highest BCUT2D eigenvalue weighted by atomic mass is 32.2. The Morgan fingerprint density at radius 1 is 1.35 bits per heavy atom. The molecule has 1 aliphatic heterocycles. The number of nitrogens with zero attached hydrogens (tertiary/aromatic N) is 2. The van der Waals surface area contributed by atoms with Crippen molar-refractivity contribution in [3.63, 3.8) is 0 Å². The van der Waals surface area contributed by atoms with E-state index in [2.05, 4.69) is 13.2 Å². The first kappa shape index (κ1) is 19.9. The van der Waals surface area contributed by atoms with E-state index >= 15 is 0 Å². The maximum atomic E-state index is 13.0. The van der Waals surface area contributed by atoms with Crippen molar-refractivity contribution in [2.45, 2.75) is 36.9 Å². The van der Waals surface area contributed by atoms with E-state index in [4.69, 9.17) is 0 Å². The van der Waals surface area contributed by atoms with Crippen molar-refractivity contribution in [1.82, 2.24) is 9.21 Å². The number of aryl methyl sites for hydroxylation is 1. The van der Waals surface area contributed by atoms with Gasteiger partial charge in [0.25, 0.3) is 0 Å². The van der Waals surface area contributed by atoms with Gasteiger partial charge in [-0.25, -0.2) is 13.2 Å². The Kier molecular flexibility index (Phi) is 5.99. The van der Waals surface area contributed by atoms with E-state index in [9.17, 15) is 23.1 Å². The molecule has 1 heterocycles. The van der Waals surface area contributed by atoms with Crippen molar-refractivity contribution < 1.29 is 23.1 Å². The number of aliphatic carboxylic acids is 1. The van der Waals surface area contributed by atoms with E-state index in [1.54, 1.807) is 12.1 Å². The lowest BCUT2D eigenvalue weighted by Crippen LogP contribution is -2.66. The summed E-state index contributed by atoms with van der Waals surface area (Å²) in [5, 5.41) is 9.41. The van der Waals surface area contributed by atoms with Gasteiger partial charge in [-0.15, -0.1) is 13.2 Å². The molecule has 0 aliphatic carbocycles. The lowest BCUT2D eigenvalue weighted by atomic mass is 10.0. The molecule has 1 N–H and O–H groups in total. The van der Waals surface area contributed by atoms with E-state index < -0.39 is 34.1 Å². The zero-order valence-electron chi connectivity index (χ0n) is 14.5. The van der Waals surface area contributed by atoms with E-state index in [1.165, 1.54) is 24.3 Å². The second-order valence-electron chi connectivity index (χ2n) is 6.04. The molecule has 2 rings (SSSR count). The molecule has 2 unspecified atom stereocenters. The third-order valence-corrected chi connectivity index (χ3v) is 6.12. The van der Waals surface area contributed by atoms with Crippen molar-refractivity contribution in [3.05, 3.63) is 55.1 Å². The number of amides is 1. The van der Waals surface area contributed by atoms with Gasteiger partial charge in [-0.2, -0.15) is 4.31 Å². The lowest BCUT2D eigenvalue weighted by Gasteiger charge is -2.48. The monoisotopic (exact) mass is 378 g/mol. The molecular formula is C18H22N2O5S.